The van der Waals surface area contributed by atoms with Crippen LogP contribution in [-0.2, 0) is 6.54 Å². The lowest BCUT2D eigenvalue weighted by Crippen LogP contribution is -2.22. The largest absolute Gasteiger partial charge is 0.395 e. The Morgan fingerprint density at radius 3 is 2.90 bits per heavy atom. The second kappa shape index (κ2) is 6.82. The van der Waals surface area contributed by atoms with Crippen LogP contribution in [0.1, 0.15) is 23.1 Å². The first-order chi connectivity index (χ1) is 10.1. The molecule has 0 saturated heterocycles. The number of halogens is 1. The summed E-state index contributed by atoms with van der Waals surface area (Å²) >= 11 is 0. The van der Waals surface area contributed by atoms with Crippen molar-refractivity contribution in [1.29, 1.82) is 0 Å². The van der Waals surface area contributed by atoms with Gasteiger partial charge in [0.25, 0.3) is 5.56 Å². The maximum absolute atomic E-state index is 13.6. The fourth-order valence-corrected chi connectivity index (χ4v) is 1.80. The van der Waals surface area contributed by atoms with Crippen molar-refractivity contribution in [3.8, 4) is 11.8 Å². The van der Waals surface area contributed by atoms with Crippen LogP contribution >= 0.6 is 0 Å². The minimum atomic E-state index is -0.423. The van der Waals surface area contributed by atoms with Crippen LogP contribution in [0.5, 0.6) is 0 Å². The van der Waals surface area contributed by atoms with Gasteiger partial charge >= 0.3 is 0 Å². The Morgan fingerprint density at radius 1 is 1.38 bits per heavy atom. The first-order valence-electron chi connectivity index (χ1n) is 6.52. The van der Waals surface area contributed by atoms with Crippen molar-refractivity contribution in [2.24, 2.45) is 0 Å². The number of nitrogens with zero attached hydrogens (tertiary/aromatic N) is 2. The molecule has 0 radical (unpaired) electrons. The highest BCUT2D eigenvalue weighted by Gasteiger charge is 2.04. The molecule has 0 aliphatic rings. The second-order valence-corrected chi connectivity index (χ2v) is 4.62. The van der Waals surface area contributed by atoms with Crippen LogP contribution in [0, 0.1) is 24.6 Å². The SMILES string of the molecule is Cc1cnn(Cc2ccc(F)c(C#CCCO)c2)c(=O)c1. The Balaban J connectivity index is 2.27. The smallest absolute Gasteiger partial charge is 0.267 e. The molecule has 21 heavy (non-hydrogen) atoms. The lowest BCUT2D eigenvalue weighted by atomic mass is 10.1. The van der Waals surface area contributed by atoms with E-state index in [0.29, 0.717) is 6.42 Å². The molecule has 5 heteroatoms. The minimum absolute atomic E-state index is 0.0585. The highest BCUT2D eigenvalue weighted by atomic mass is 19.1. The van der Waals surface area contributed by atoms with Gasteiger partial charge in [-0.25, -0.2) is 9.07 Å². The molecule has 0 saturated carbocycles. The first-order valence-corrected chi connectivity index (χ1v) is 6.52. The molecule has 4 nitrogen and oxygen atoms in total. The Morgan fingerprint density at radius 2 is 2.19 bits per heavy atom. The van der Waals surface area contributed by atoms with E-state index in [0.717, 1.165) is 11.1 Å². The van der Waals surface area contributed by atoms with E-state index in [2.05, 4.69) is 16.9 Å². The van der Waals surface area contributed by atoms with Crippen LogP contribution in [0.25, 0.3) is 0 Å². The Labute approximate surface area is 121 Å². The topological polar surface area (TPSA) is 55.1 Å². The highest BCUT2D eigenvalue weighted by molar-refractivity contribution is 5.38. The molecule has 0 fully saturated rings. The molecule has 0 bridgehead atoms. The van der Waals surface area contributed by atoms with Gasteiger partial charge < -0.3 is 5.11 Å². The van der Waals surface area contributed by atoms with Gasteiger partial charge in [-0.2, -0.15) is 5.10 Å². The molecular weight excluding hydrogens is 271 g/mol. The molecule has 2 rings (SSSR count). The minimum Gasteiger partial charge on any atom is -0.395 e. The lowest BCUT2D eigenvalue weighted by Gasteiger charge is -2.05. The summed E-state index contributed by atoms with van der Waals surface area (Å²) in [5.41, 5.74) is 1.59. The van der Waals surface area contributed by atoms with Crippen molar-refractivity contribution in [3.63, 3.8) is 0 Å². The fourth-order valence-electron chi connectivity index (χ4n) is 1.80. The van der Waals surface area contributed by atoms with Crippen LogP contribution in [0.3, 0.4) is 0 Å². The van der Waals surface area contributed by atoms with Crippen LogP contribution in [0.15, 0.2) is 35.3 Å². The van der Waals surface area contributed by atoms with Crippen molar-refractivity contribution >= 4 is 0 Å². The van der Waals surface area contributed by atoms with Gasteiger partial charge in [0.05, 0.1) is 24.9 Å². The molecule has 2 aromatic rings. The number of aliphatic hydroxyl groups is 1. The van der Waals surface area contributed by atoms with Crippen molar-refractivity contribution in [2.75, 3.05) is 6.61 Å². The highest BCUT2D eigenvalue weighted by Crippen LogP contribution is 2.10. The van der Waals surface area contributed by atoms with Crippen molar-refractivity contribution in [1.82, 2.24) is 9.78 Å². The molecule has 0 atom stereocenters. The van der Waals surface area contributed by atoms with E-state index in [-0.39, 0.29) is 24.3 Å². The van der Waals surface area contributed by atoms with Crippen molar-refractivity contribution in [2.45, 2.75) is 19.9 Å². The van der Waals surface area contributed by atoms with Gasteiger partial charge in [-0.3, -0.25) is 4.79 Å². The Hall–Kier alpha value is -2.45. The van der Waals surface area contributed by atoms with Gasteiger partial charge in [-0.05, 0) is 30.2 Å². The van der Waals surface area contributed by atoms with Crippen LogP contribution in [0.4, 0.5) is 4.39 Å². The Bertz CT molecular complexity index is 757. The number of aromatic nitrogens is 2. The summed E-state index contributed by atoms with van der Waals surface area (Å²) in [6, 6.07) is 6.00. The van der Waals surface area contributed by atoms with E-state index >= 15 is 0 Å². The van der Waals surface area contributed by atoms with Gasteiger partial charge in [0.1, 0.15) is 5.82 Å². The molecular formula is C16H15FN2O2. The molecule has 1 heterocycles. The number of hydrogen-bond acceptors (Lipinski definition) is 3. The third kappa shape index (κ3) is 4.01. The predicted molar refractivity (Wildman–Crippen MR) is 77.3 cm³/mol. The summed E-state index contributed by atoms with van der Waals surface area (Å²) in [7, 11) is 0. The van der Waals surface area contributed by atoms with E-state index < -0.39 is 5.82 Å². The summed E-state index contributed by atoms with van der Waals surface area (Å²) < 4.78 is 14.9. The molecule has 0 aliphatic heterocycles. The lowest BCUT2D eigenvalue weighted by molar-refractivity contribution is 0.305. The number of aryl methyl sites for hydroxylation is 1. The van der Waals surface area contributed by atoms with E-state index in [4.69, 9.17) is 5.11 Å². The summed E-state index contributed by atoms with van der Waals surface area (Å²) in [5, 5.41) is 12.7. The number of hydrogen-bond donors (Lipinski definition) is 1. The van der Waals surface area contributed by atoms with Crippen molar-refractivity contribution < 1.29 is 9.50 Å². The number of aliphatic hydroxyl groups excluding tert-OH is 1. The average molecular weight is 286 g/mol. The standard InChI is InChI=1S/C16H15FN2O2/c1-12-8-16(21)19(18-10-12)11-13-5-6-15(17)14(9-13)4-2-3-7-20/h5-6,8-10,20H,3,7,11H2,1H3. The van der Waals surface area contributed by atoms with Crippen LogP contribution in [0.2, 0.25) is 0 Å². The number of rotatable bonds is 3. The van der Waals surface area contributed by atoms with Gasteiger partial charge in [0.15, 0.2) is 0 Å². The zero-order valence-corrected chi connectivity index (χ0v) is 11.6. The van der Waals surface area contributed by atoms with Gasteiger partial charge in [0.2, 0.25) is 0 Å². The molecule has 1 aromatic heterocycles. The molecule has 0 amide bonds. The summed E-state index contributed by atoms with van der Waals surface area (Å²) in [5.74, 6) is 4.93. The van der Waals surface area contributed by atoms with Gasteiger partial charge in [-0.15, -0.1) is 0 Å². The fraction of sp³-hybridized carbons (Fsp3) is 0.250. The zero-order chi connectivity index (χ0) is 15.2. The van der Waals surface area contributed by atoms with E-state index in [1.54, 1.807) is 25.3 Å². The maximum Gasteiger partial charge on any atom is 0.267 e. The van der Waals surface area contributed by atoms with Gasteiger partial charge in [0, 0.05) is 12.5 Å². The summed E-state index contributed by atoms with van der Waals surface area (Å²) in [6.07, 6.45) is 1.90. The number of benzene rings is 1. The first kappa shape index (κ1) is 14.9. The normalized spacial score (nSPS) is 10.0. The third-order valence-corrected chi connectivity index (χ3v) is 2.83. The second-order valence-electron chi connectivity index (χ2n) is 4.62. The summed E-state index contributed by atoms with van der Waals surface area (Å²) in [6.45, 7) is 2.00. The quantitative estimate of drug-likeness (QED) is 0.869. The molecule has 0 spiro atoms. The van der Waals surface area contributed by atoms with E-state index in [9.17, 15) is 9.18 Å². The average Bonchev–Trinajstić information content (AvgIpc) is 2.45. The van der Waals surface area contributed by atoms with Crippen LogP contribution < -0.4 is 5.56 Å². The van der Waals surface area contributed by atoms with E-state index in [1.807, 2.05) is 0 Å². The molecule has 0 aliphatic carbocycles. The predicted octanol–water partition coefficient (Wildman–Crippen LogP) is 1.47. The summed E-state index contributed by atoms with van der Waals surface area (Å²) in [4.78, 5) is 11.8. The molecule has 108 valence electrons. The van der Waals surface area contributed by atoms with Crippen LogP contribution in [-0.4, -0.2) is 21.5 Å². The molecule has 1 N–H and O–H groups in total. The van der Waals surface area contributed by atoms with Gasteiger partial charge in [-0.1, -0.05) is 17.9 Å². The van der Waals surface area contributed by atoms with Crippen molar-refractivity contribution in [3.05, 3.63) is 63.3 Å². The maximum atomic E-state index is 13.6. The Kier molecular flexibility index (Phi) is 4.85. The third-order valence-electron chi connectivity index (χ3n) is 2.83. The zero-order valence-electron chi connectivity index (χ0n) is 11.6. The molecule has 1 aromatic carbocycles. The molecule has 0 unspecified atom stereocenters. The van der Waals surface area contributed by atoms with E-state index in [1.165, 1.54) is 16.8 Å². The monoisotopic (exact) mass is 286 g/mol.